The van der Waals surface area contributed by atoms with E-state index in [0.717, 1.165) is 12.8 Å². The van der Waals surface area contributed by atoms with Crippen molar-refractivity contribution < 1.29 is 5.11 Å². The summed E-state index contributed by atoms with van der Waals surface area (Å²) in [4.78, 5) is 0. The predicted octanol–water partition coefficient (Wildman–Crippen LogP) is 2.06. The van der Waals surface area contributed by atoms with E-state index in [4.69, 9.17) is 5.73 Å². The highest BCUT2D eigenvalue weighted by Crippen LogP contribution is 2.30. The molecule has 0 spiro atoms. The zero-order valence-corrected chi connectivity index (χ0v) is 8.76. The van der Waals surface area contributed by atoms with Gasteiger partial charge in [-0.3, -0.25) is 0 Å². The van der Waals surface area contributed by atoms with Crippen LogP contribution in [-0.4, -0.2) is 17.3 Å². The van der Waals surface area contributed by atoms with Gasteiger partial charge in [0.25, 0.3) is 0 Å². The van der Waals surface area contributed by atoms with E-state index in [1.54, 1.807) is 0 Å². The van der Waals surface area contributed by atoms with E-state index in [-0.39, 0.29) is 0 Å². The molecule has 0 bridgehead atoms. The third-order valence-corrected chi connectivity index (χ3v) is 3.40. The SMILES string of the molecule is CC(O)(CN)C1CCCCCCC1. The van der Waals surface area contributed by atoms with Crippen molar-refractivity contribution in [3.63, 3.8) is 0 Å². The Morgan fingerprint density at radius 2 is 1.62 bits per heavy atom. The summed E-state index contributed by atoms with van der Waals surface area (Å²) in [6.07, 6.45) is 8.88. The van der Waals surface area contributed by atoms with Crippen molar-refractivity contribution >= 4 is 0 Å². The molecule has 1 rings (SSSR count). The van der Waals surface area contributed by atoms with Gasteiger partial charge in [-0.15, -0.1) is 0 Å². The van der Waals surface area contributed by atoms with E-state index in [1.165, 1.54) is 32.1 Å². The van der Waals surface area contributed by atoms with Crippen LogP contribution in [0.2, 0.25) is 0 Å². The van der Waals surface area contributed by atoms with Crippen LogP contribution >= 0.6 is 0 Å². The van der Waals surface area contributed by atoms with Crippen molar-refractivity contribution in [3.8, 4) is 0 Å². The molecule has 0 saturated heterocycles. The largest absolute Gasteiger partial charge is 0.389 e. The van der Waals surface area contributed by atoms with Crippen molar-refractivity contribution in [1.82, 2.24) is 0 Å². The molecule has 0 aromatic heterocycles. The second-order valence-electron chi connectivity index (χ2n) is 4.60. The van der Waals surface area contributed by atoms with Gasteiger partial charge in [-0.2, -0.15) is 0 Å². The van der Waals surface area contributed by atoms with Crippen molar-refractivity contribution in [2.75, 3.05) is 6.54 Å². The van der Waals surface area contributed by atoms with Crippen LogP contribution in [0.1, 0.15) is 51.9 Å². The molecule has 1 aliphatic carbocycles. The summed E-state index contributed by atoms with van der Waals surface area (Å²) in [6, 6.07) is 0. The van der Waals surface area contributed by atoms with Crippen molar-refractivity contribution in [3.05, 3.63) is 0 Å². The molecule has 1 saturated carbocycles. The van der Waals surface area contributed by atoms with Crippen molar-refractivity contribution in [2.24, 2.45) is 11.7 Å². The van der Waals surface area contributed by atoms with Crippen LogP contribution in [0.3, 0.4) is 0 Å². The standard InChI is InChI=1S/C11H23NO/c1-11(13,9-12)10-7-5-3-2-4-6-8-10/h10,13H,2-9,12H2,1H3. The Morgan fingerprint density at radius 3 is 2.08 bits per heavy atom. The van der Waals surface area contributed by atoms with Crippen LogP contribution in [0.25, 0.3) is 0 Å². The highest BCUT2D eigenvalue weighted by atomic mass is 16.3. The maximum absolute atomic E-state index is 10.0. The minimum absolute atomic E-state index is 0.400. The fraction of sp³-hybridized carbons (Fsp3) is 1.00. The predicted molar refractivity (Wildman–Crippen MR) is 55.5 cm³/mol. The number of nitrogens with two attached hydrogens (primary N) is 1. The molecule has 2 nitrogen and oxygen atoms in total. The first-order valence-corrected chi connectivity index (χ1v) is 5.59. The van der Waals surface area contributed by atoms with E-state index in [1.807, 2.05) is 6.92 Å². The maximum atomic E-state index is 10.0. The van der Waals surface area contributed by atoms with Crippen LogP contribution in [0.15, 0.2) is 0 Å². The van der Waals surface area contributed by atoms with Gasteiger partial charge < -0.3 is 10.8 Å². The Morgan fingerprint density at radius 1 is 1.15 bits per heavy atom. The first-order chi connectivity index (χ1) is 6.17. The van der Waals surface area contributed by atoms with Crippen molar-refractivity contribution in [2.45, 2.75) is 57.5 Å². The molecule has 1 atom stereocenters. The van der Waals surface area contributed by atoms with Gasteiger partial charge in [0.15, 0.2) is 0 Å². The molecule has 1 aliphatic rings. The molecule has 0 radical (unpaired) electrons. The van der Waals surface area contributed by atoms with Crippen LogP contribution in [0.5, 0.6) is 0 Å². The highest BCUT2D eigenvalue weighted by Gasteiger charge is 2.29. The van der Waals surface area contributed by atoms with Gasteiger partial charge in [-0.25, -0.2) is 0 Å². The summed E-state index contributed by atoms with van der Waals surface area (Å²) in [6.45, 7) is 2.29. The fourth-order valence-corrected chi connectivity index (χ4v) is 2.24. The fourth-order valence-electron chi connectivity index (χ4n) is 2.24. The lowest BCUT2D eigenvalue weighted by atomic mass is 9.80. The lowest BCUT2D eigenvalue weighted by Gasteiger charge is -2.33. The minimum Gasteiger partial charge on any atom is -0.389 e. The second-order valence-corrected chi connectivity index (χ2v) is 4.60. The highest BCUT2D eigenvalue weighted by molar-refractivity contribution is 4.83. The summed E-state index contributed by atoms with van der Waals surface area (Å²) in [7, 11) is 0. The van der Waals surface area contributed by atoms with Crippen LogP contribution in [0.4, 0.5) is 0 Å². The third kappa shape index (κ3) is 3.28. The molecule has 1 unspecified atom stereocenters. The smallest absolute Gasteiger partial charge is 0.0769 e. The van der Waals surface area contributed by atoms with Gasteiger partial charge in [0.2, 0.25) is 0 Å². The van der Waals surface area contributed by atoms with E-state index < -0.39 is 5.60 Å². The lowest BCUT2D eigenvalue weighted by Crippen LogP contribution is -2.42. The zero-order valence-electron chi connectivity index (χ0n) is 8.76. The van der Waals surface area contributed by atoms with E-state index in [2.05, 4.69) is 0 Å². The Kier molecular flexibility index (Phi) is 4.20. The zero-order chi connectivity index (χ0) is 9.73. The normalized spacial score (nSPS) is 26.1. The second kappa shape index (κ2) is 4.97. The van der Waals surface area contributed by atoms with Crippen LogP contribution in [-0.2, 0) is 0 Å². The summed E-state index contributed by atoms with van der Waals surface area (Å²) < 4.78 is 0. The Bertz CT molecular complexity index is 137. The van der Waals surface area contributed by atoms with Crippen LogP contribution in [0, 0.1) is 5.92 Å². The average Bonchev–Trinajstić information content (AvgIpc) is 2.03. The summed E-state index contributed by atoms with van der Waals surface area (Å²) in [5.41, 5.74) is 4.95. The number of hydrogen-bond acceptors (Lipinski definition) is 2. The van der Waals surface area contributed by atoms with Gasteiger partial charge in [0, 0.05) is 6.54 Å². The van der Waals surface area contributed by atoms with Crippen molar-refractivity contribution in [1.29, 1.82) is 0 Å². The quantitative estimate of drug-likeness (QED) is 0.691. The number of hydrogen-bond donors (Lipinski definition) is 2. The molecule has 13 heavy (non-hydrogen) atoms. The molecular formula is C11H23NO. The molecule has 0 amide bonds. The molecule has 3 N–H and O–H groups in total. The third-order valence-electron chi connectivity index (χ3n) is 3.40. The summed E-state index contributed by atoms with van der Waals surface area (Å²) >= 11 is 0. The molecule has 0 aromatic rings. The maximum Gasteiger partial charge on any atom is 0.0769 e. The number of rotatable bonds is 2. The van der Waals surface area contributed by atoms with E-state index >= 15 is 0 Å². The Labute approximate surface area is 81.5 Å². The molecule has 1 fully saturated rings. The molecular weight excluding hydrogens is 162 g/mol. The monoisotopic (exact) mass is 185 g/mol. The molecule has 2 heteroatoms. The summed E-state index contributed by atoms with van der Waals surface area (Å²) in [5.74, 6) is 0.429. The van der Waals surface area contributed by atoms with Crippen LogP contribution < -0.4 is 5.73 Å². The number of aliphatic hydroxyl groups is 1. The topological polar surface area (TPSA) is 46.2 Å². The molecule has 0 heterocycles. The minimum atomic E-state index is -0.628. The molecule has 78 valence electrons. The Hall–Kier alpha value is -0.0800. The van der Waals surface area contributed by atoms with Gasteiger partial charge in [0.05, 0.1) is 5.60 Å². The van der Waals surface area contributed by atoms with Gasteiger partial charge in [-0.1, -0.05) is 32.1 Å². The van der Waals surface area contributed by atoms with E-state index in [9.17, 15) is 5.11 Å². The first-order valence-electron chi connectivity index (χ1n) is 5.59. The van der Waals surface area contributed by atoms with Gasteiger partial charge in [0.1, 0.15) is 0 Å². The first kappa shape index (κ1) is 11.0. The van der Waals surface area contributed by atoms with Gasteiger partial charge in [-0.05, 0) is 25.7 Å². The van der Waals surface area contributed by atoms with E-state index in [0.29, 0.717) is 12.5 Å². The Balaban J connectivity index is 2.45. The average molecular weight is 185 g/mol. The lowest BCUT2D eigenvalue weighted by molar-refractivity contribution is -0.00357. The summed E-state index contributed by atoms with van der Waals surface area (Å²) in [5, 5.41) is 10.0. The van der Waals surface area contributed by atoms with Gasteiger partial charge >= 0.3 is 0 Å². The molecule has 0 aromatic carbocycles. The molecule has 0 aliphatic heterocycles.